The Labute approximate surface area is 208 Å². The van der Waals surface area contributed by atoms with Gasteiger partial charge in [0, 0.05) is 19.3 Å². The molecule has 3 aromatic rings. The second-order valence-corrected chi connectivity index (χ2v) is 10.4. The number of nitrogens with zero attached hydrogens (tertiary/aromatic N) is 4. The molecule has 0 radical (unpaired) electrons. The number of pyridine rings is 1. The van der Waals surface area contributed by atoms with Crippen molar-refractivity contribution in [3.63, 3.8) is 0 Å². The van der Waals surface area contributed by atoms with Crippen LogP contribution in [-0.4, -0.2) is 37.6 Å². The zero-order chi connectivity index (χ0) is 23.7. The molecule has 5 rings (SSSR count). The summed E-state index contributed by atoms with van der Waals surface area (Å²) in [5.74, 6) is 0.483. The van der Waals surface area contributed by atoms with E-state index in [1.807, 2.05) is 49.4 Å². The number of anilines is 1. The predicted molar refractivity (Wildman–Crippen MR) is 142 cm³/mol. The number of hydrogen-bond donors (Lipinski definition) is 0. The Bertz CT molecular complexity index is 1340. The van der Waals surface area contributed by atoms with Crippen LogP contribution in [0.25, 0.3) is 11.7 Å². The number of rotatable bonds is 4. The lowest BCUT2D eigenvalue weighted by molar-refractivity contribution is -0.122. The molecule has 0 bridgehead atoms. The van der Waals surface area contributed by atoms with Crippen LogP contribution in [0.15, 0.2) is 58.4 Å². The highest BCUT2D eigenvalue weighted by Crippen LogP contribution is 2.34. The third-order valence-electron chi connectivity index (χ3n) is 6.26. The fourth-order valence-corrected chi connectivity index (χ4v) is 5.62. The lowest BCUT2D eigenvalue weighted by atomic mass is 10.1. The van der Waals surface area contributed by atoms with Crippen molar-refractivity contribution < 1.29 is 4.79 Å². The van der Waals surface area contributed by atoms with Gasteiger partial charge in [0.1, 0.15) is 15.8 Å². The Kier molecular flexibility index (Phi) is 6.52. The van der Waals surface area contributed by atoms with Crippen molar-refractivity contribution in [3.8, 4) is 0 Å². The predicted octanol–water partition coefficient (Wildman–Crippen LogP) is 4.78. The minimum atomic E-state index is -0.173. The van der Waals surface area contributed by atoms with Crippen LogP contribution in [0.5, 0.6) is 0 Å². The molecule has 4 heterocycles. The number of aryl methyl sites for hydroxylation is 1. The SMILES string of the molecule is Cc1ccc(CN2C(=O)C(=Cc3c(N4CCCCCC4)nc4ccccn4c3=O)SC2=S)cc1. The van der Waals surface area contributed by atoms with Crippen LogP contribution in [0.1, 0.15) is 42.4 Å². The molecular weight excluding hydrogens is 464 g/mol. The maximum atomic E-state index is 13.5. The maximum Gasteiger partial charge on any atom is 0.267 e. The molecule has 1 aromatic carbocycles. The summed E-state index contributed by atoms with van der Waals surface area (Å²) in [5, 5.41) is 0. The van der Waals surface area contributed by atoms with Crippen molar-refractivity contribution in [2.24, 2.45) is 0 Å². The van der Waals surface area contributed by atoms with E-state index in [0.717, 1.165) is 31.5 Å². The lowest BCUT2D eigenvalue weighted by Crippen LogP contribution is -2.30. The first-order valence-corrected chi connectivity index (χ1v) is 12.8. The molecule has 2 aliphatic rings. The maximum absolute atomic E-state index is 13.5. The van der Waals surface area contributed by atoms with Gasteiger partial charge in [-0.05, 0) is 43.5 Å². The van der Waals surface area contributed by atoms with Gasteiger partial charge < -0.3 is 4.90 Å². The molecule has 6 nitrogen and oxygen atoms in total. The van der Waals surface area contributed by atoms with Gasteiger partial charge in [0.25, 0.3) is 11.5 Å². The average molecular weight is 491 g/mol. The van der Waals surface area contributed by atoms with Crippen LogP contribution in [0.4, 0.5) is 5.82 Å². The van der Waals surface area contributed by atoms with Crippen LogP contribution < -0.4 is 10.5 Å². The molecule has 0 unspecified atom stereocenters. The molecule has 0 atom stereocenters. The molecule has 1 amide bonds. The number of carbonyl (C=O) groups is 1. The normalized spacial score (nSPS) is 18.2. The monoisotopic (exact) mass is 490 g/mol. The van der Waals surface area contributed by atoms with Gasteiger partial charge in [0.15, 0.2) is 0 Å². The van der Waals surface area contributed by atoms with Crippen molar-refractivity contribution >= 4 is 51.7 Å². The molecule has 0 N–H and O–H groups in total. The molecule has 174 valence electrons. The summed E-state index contributed by atoms with van der Waals surface area (Å²) < 4.78 is 2.04. The first kappa shape index (κ1) is 22.8. The van der Waals surface area contributed by atoms with Crippen LogP contribution in [0, 0.1) is 6.92 Å². The summed E-state index contributed by atoms with van der Waals surface area (Å²) >= 11 is 6.79. The Morgan fingerprint density at radius 2 is 1.76 bits per heavy atom. The highest BCUT2D eigenvalue weighted by atomic mass is 32.2. The van der Waals surface area contributed by atoms with Gasteiger partial charge in [0.2, 0.25) is 0 Å². The first-order chi connectivity index (χ1) is 16.5. The second-order valence-electron chi connectivity index (χ2n) is 8.74. The molecule has 2 fully saturated rings. The molecule has 2 aromatic heterocycles. The zero-order valence-corrected chi connectivity index (χ0v) is 20.7. The standard InChI is InChI=1S/C26H26N4O2S2/c1-18-9-11-19(12-10-18)17-30-25(32)21(34-26(30)33)16-20-23(28-13-5-2-3-6-14-28)27-22-8-4-7-15-29(22)24(20)31/h4,7-12,15-16H,2-3,5-6,13-14,17H2,1H3. The first-order valence-electron chi connectivity index (χ1n) is 11.6. The van der Waals surface area contributed by atoms with E-state index in [0.29, 0.717) is 32.8 Å². The van der Waals surface area contributed by atoms with Gasteiger partial charge in [-0.3, -0.25) is 18.9 Å². The Balaban J connectivity index is 1.54. The smallest absolute Gasteiger partial charge is 0.267 e. The van der Waals surface area contributed by atoms with Crippen LogP contribution in [-0.2, 0) is 11.3 Å². The number of carbonyl (C=O) groups excluding carboxylic acids is 1. The molecule has 0 spiro atoms. The van der Waals surface area contributed by atoms with Crippen LogP contribution in [0.3, 0.4) is 0 Å². The average Bonchev–Trinajstić information content (AvgIpc) is 3.02. The summed E-state index contributed by atoms with van der Waals surface area (Å²) in [6.45, 7) is 4.15. The van der Waals surface area contributed by atoms with E-state index in [9.17, 15) is 9.59 Å². The zero-order valence-electron chi connectivity index (χ0n) is 19.1. The van der Waals surface area contributed by atoms with Gasteiger partial charge in [-0.15, -0.1) is 0 Å². The van der Waals surface area contributed by atoms with E-state index < -0.39 is 0 Å². The van der Waals surface area contributed by atoms with Gasteiger partial charge in [-0.1, -0.05) is 72.7 Å². The number of benzene rings is 1. The van der Waals surface area contributed by atoms with E-state index in [2.05, 4.69) is 4.90 Å². The third-order valence-corrected chi connectivity index (χ3v) is 7.64. The highest BCUT2D eigenvalue weighted by Gasteiger charge is 2.33. The van der Waals surface area contributed by atoms with Crippen molar-refractivity contribution in [2.45, 2.75) is 39.2 Å². The summed E-state index contributed by atoms with van der Waals surface area (Å²) in [5.41, 5.74) is 3.06. The summed E-state index contributed by atoms with van der Waals surface area (Å²) in [6, 6.07) is 13.6. The second kappa shape index (κ2) is 9.72. The van der Waals surface area contributed by atoms with E-state index in [-0.39, 0.29) is 11.5 Å². The lowest BCUT2D eigenvalue weighted by Gasteiger charge is -2.23. The molecule has 2 aliphatic heterocycles. The minimum Gasteiger partial charge on any atom is -0.356 e. The Morgan fingerprint density at radius 1 is 1.03 bits per heavy atom. The minimum absolute atomic E-state index is 0.171. The van der Waals surface area contributed by atoms with Crippen molar-refractivity contribution in [1.82, 2.24) is 14.3 Å². The topological polar surface area (TPSA) is 57.9 Å². The van der Waals surface area contributed by atoms with E-state index in [1.54, 1.807) is 21.6 Å². The van der Waals surface area contributed by atoms with Gasteiger partial charge >= 0.3 is 0 Å². The fraction of sp³-hybridized carbons (Fsp3) is 0.308. The fourth-order valence-electron chi connectivity index (χ4n) is 4.38. The van der Waals surface area contributed by atoms with E-state index in [1.165, 1.54) is 30.2 Å². The third kappa shape index (κ3) is 4.52. The van der Waals surface area contributed by atoms with Crippen molar-refractivity contribution in [3.05, 3.63) is 80.6 Å². The molecule has 34 heavy (non-hydrogen) atoms. The number of fused-ring (bicyclic) bond motifs is 1. The number of hydrogen-bond acceptors (Lipinski definition) is 6. The number of thioether (sulfide) groups is 1. The van der Waals surface area contributed by atoms with Gasteiger partial charge in [-0.2, -0.15) is 0 Å². The van der Waals surface area contributed by atoms with Crippen LogP contribution in [0.2, 0.25) is 0 Å². The molecule has 2 saturated heterocycles. The Morgan fingerprint density at radius 3 is 2.50 bits per heavy atom. The Hall–Kier alpha value is -2.97. The molecule has 0 saturated carbocycles. The summed E-state index contributed by atoms with van der Waals surface area (Å²) in [6.07, 6.45) is 7.90. The quantitative estimate of drug-likeness (QED) is 0.387. The summed E-state index contributed by atoms with van der Waals surface area (Å²) in [7, 11) is 0. The van der Waals surface area contributed by atoms with E-state index in [4.69, 9.17) is 17.2 Å². The summed E-state index contributed by atoms with van der Waals surface area (Å²) in [4.78, 5) is 36.0. The molecular formula is C26H26N4O2S2. The number of thiocarbonyl (C=S) groups is 1. The molecule has 0 aliphatic carbocycles. The highest BCUT2D eigenvalue weighted by molar-refractivity contribution is 8.26. The van der Waals surface area contributed by atoms with E-state index >= 15 is 0 Å². The van der Waals surface area contributed by atoms with Crippen molar-refractivity contribution in [1.29, 1.82) is 0 Å². The largest absolute Gasteiger partial charge is 0.356 e. The van der Waals surface area contributed by atoms with Crippen molar-refractivity contribution in [2.75, 3.05) is 18.0 Å². The number of aromatic nitrogens is 2. The number of amides is 1. The molecule has 8 heteroatoms. The van der Waals surface area contributed by atoms with Gasteiger partial charge in [-0.25, -0.2) is 4.98 Å². The van der Waals surface area contributed by atoms with Gasteiger partial charge in [0.05, 0.1) is 17.0 Å². The van der Waals surface area contributed by atoms with Crippen LogP contribution >= 0.6 is 24.0 Å².